The van der Waals surface area contributed by atoms with Gasteiger partial charge in [-0.1, -0.05) is 35.0 Å². The number of aryl methyl sites for hydroxylation is 1. The first-order valence-corrected chi connectivity index (χ1v) is 10.4. The summed E-state index contributed by atoms with van der Waals surface area (Å²) in [6, 6.07) is 15.1. The van der Waals surface area contributed by atoms with E-state index in [0.717, 1.165) is 48.2 Å². The van der Waals surface area contributed by atoms with Crippen LogP contribution in [0.25, 0.3) is 11.4 Å². The summed E-state index contributed by atoms with van der Waals surface area (Å²) in [5.74, 6) is 0.719. The van der Waals surface area contributed by atoms with Gasteiger partial charge in [0, 0.05) is 36.3 Å². The summed E-state index contributed by atoms with van der Waals surface area (Å²) in [5.41, 5.74) is 2.64. The monoisotopic (exact) mass is 415 g/mol. The van der Waals surface area contributed by atoms with Gasteiger partial charge in [-0.25, -0.2) is 0 Å². The molecule has 2 aromatic carbocycles. The van der Waals surface area contributed by atoms with Gasteiger partial charge in [-0.3, -0.25) is 10.1 Å². The van der Waals surface area contributed by atoms with Crippen molar-refractivity contribution in [1.29, 1.82) is 5.26 Å². The Kier molecular flexibility index (Phi) is 4.47. The molecule has 5 rings (SSSR count). The van der Waals surface area contributed by atoms with Crippen molar-refractivity contribution in [2.75, 3.05) is 11.4 Å². The van der Waals surface area contributed by atoms with Crippen molar-refractivity contribution < 1.29 is 9.45 Å². The molecule has 0 saturated carbocycles. The molecule has 2 unspecified atom stereocenters. The standard InChI is InChI=1S/C23H21N5O3/c1-15-5-7-16(8-6-15)21-25-22(31-26-21)23(14-24)13-17-12-18(28(29)30)9-10-19(17)27-11-3-2-4-20(23)27/h5-10,12,20H,2-4,11,13H2,1H3. The summed E-state index contributed by atoms with van der Waals surface area (Å²) in [6.07, 6.45) is 3.14. The third kappa shape index (κ3) is 3.05. The molecule has 0 aliphatic carbocycles. The zero-order valence-electron chi connectivity index (χ0n) is 17.1. The van der Waals surface area contributed by atoms with Gasteiger partial charge in [0.2, 0.25) is 11.7 Å². The fourth-order valence-electron chi connectivity index (χ4n) is 4.86. The van der Waals surface area contributed by atoms with Crippen molar-refractivity contribution >= 4 is 11.4 Å². The van der Waals surface area contributed by atoms with Crippen LogP contribution in [0.2, 0.25) is 0 Å². The van der Waals surface area contributed by atoms with Gasteiger partial charge < -0.3 is 9.42 Å². The highest BCUT2D eigenvalue weighted by Crippen LogP contribution is 2.47. The maximum absolute atomic E-state index is 11.3. The van der Waals surface area contributed by atoms with Crippen LogP contribution < -0.4 is 4.90 Å². The van der Waals surface area contributed by atoms with E-state index in [1.165, 1.54) is 6.07 Å². The largest absolute Gasteiger partial charge is 0.366 e. The van der Waals surface area contributed by atoms with E-state index in [1.807, 2.05) is 31.2 Å². The number of fused-ring (bicyclic) bond motifs is 3. The van der Waals surface area contributed by atoms with Crippen molar-refractivity contribution in [3.63, 3.8) is 0 Å². The number of piperidine rings is 1. The van der Waals surface area contributed by atoms with Crippen LogP contribution in [0, 0.1) is 28.4 Å². The summed E-state index contributed by atoms with van der Waals surface area (Å²) in [7, 11) is 0. The van der Waals surface area contributed by atoms with E-state index < -0.39 is 10.3 Å². The van der Waals surface area contributed by atoms with Gasteiger partial charge in [0.25, 0.3) is 5.69 Å². The Morgan fingerprint density at radius 1 is 1.26 bits per heavy atom. The van der Waals surface area contributed by atoms with Crippen LogP contribution in [0.3, 0.4) is 0 Å². The minimum Gasteiger partial charge on any atom is -0.366 e. The van der Waals surface area contributed by atoms with Gasteiger partial charge in [-0.15, -0.1) is 0 Å². The number of nitro groups is 1. The number of hydrogen-bond donors (Lipinski definition) is 0. The van der Waals surface area contributed by atoms with Crippen LogP contribution in [0.15, 0.2) is 47.0 Å². The lowest BCUT2D eigenvalue weighted by atomic mass is 9.69. The molecule has 0 N–H and O–H groups in total. The Bertz CT molecular complexity index is 1200. The quantitative estimate of drug-likeness (QED) is 0.462. The van der Waals surface area contributed by atoms with Gasteiger partial charge in [0.15, 0.2) is 5.41 Å². The number of anilines is 1. The second-order valence-corrected chi connectivity index (χ2v) is 8.32. The molecule has 1 fully saturated rings. The van der Waals surface area contributed by atoms with Crippen molar-refractivity contribution in [2.24, 2.45) is 0 Å². The third-order valence-corrected chi connectivity index (χ3v) is 6.44. The number of aromatic nitrogens is 2. The minimum atomic E-state index is -1.06. The first-order valence-electron chi connectivity index (χ1n) is 10.4. The maximum Gasteiger partial charge on any atom is 0.269 e. The van der Waals surface area contributed by atoms with Gasteiger partial charge in [-0.2, -0.15) is 10.2 Å². The van der Waals surface area contributed by atoms with Crippen LogP contribution in [-0.4, -0.2) is 27.7 Å². The van der Waals surface area contributed by atoms with E-state index in [4.69, 9.17) is 4.52 Å². The predicted molar refractivity (Wildman–Crippen MR) is 114 cm³/mol. The molecule has 8 heteroatoms. The Balaban J connectivity index is 1.62. The zero-order valence-corrected chi connectivity index (χ0v) is 17.1. The third-order valence-electron chi connectivity index (χ3n) is 6.44. The fraction of sp³-hybridized carbons (Fsp3) is 0.348. The summed E-state index contributed by atoms with van der Waals surface area (Å²) < 4.78 is 5.68. The van der Waals surface area contributed by atoms with E-state index in [-0.39, 0.29) is 17.6 Å². The number of hydrogen-bond acceptors (Lipinski definition) is 7. The lowest BCUT2D eigenvalue weighted by molar-refractivity contribution is -0.384. The molecule has 1 saturated heterocycles. The van der Waals surface area contributed by atoms with E-state index in [1.54, 1.807) is 12.1 Å². The minimum absolute atomic E-state index is 0.0203. The van der Waals surface area contributed by atoms with Gasteiger partial charge >= 0.3 is 0 Å². The average Bonchev–Trinajstić information content (AvgIpc) is 3.29. The number of rotatable bonds is 3. The number of nitriles is 1. The highest BCUT2D eigenvalue weighted by atomic mass is 16.6. The molecule has 3 aromatic rings. The molecule has 2 aliphatic rings. The summed E-state index contributed by atoms with van der Waals surface area (Å²) >= 11 is 0. The second-order valence-electron chi connectivity index (χ2n) is 8.32. The topological polar surface area (TPSA) is 109 Å². The molecule has 156 valence electrons. The maximum atomic E-state index is 11.3. The Hall–Kier alpha value is -3.73. The van der Waals surface area contributed by atoms with Gasteiger partial charge in [0.1, 0.15) is 0 Å². The van der Waals surface area contributed by atoms with Crippen molar-refractivity contribution in [2.45, 2.75) is 44.1 Å². The van der Waals surface area contributed by atoms with E-state index >= 15 is 0 Å². The Morgan fingerprint density at radius 2 is 2.06 bits per heavy atom. The lowest BCUT2D eigenvalue weighted by Crippen LogP contribution is -2.57. The van der Waals surface area contributed by atoms with E-state index in [0.29, 0.717) is 12.2 Å². The van der Waals surface area contributed by atoms with Gasteiger partial charge in [-0.05, 0) is 37.8 Å². The molecule has 0 radical (unpaired) electrons. The molecule has 31 heavy (non-hydrogen) atoms. The zero-order chi connectivity index (χ0) is 21.6. The average molecular weight is 415 g/mol. The molecule has 3 heterocycles. The SMILES string of the molecule is Cc1ccc(-c2noc(C3(C#N)Cc4cc([N+](=O)[O-])ccc4N4CCCCC43)n2)cc1. The lowest BCUT2D eigenvalue weighted by Gasteiger charge is -2.48. The summed E-state index contributed by atoms with van der Waals surface area (Å²) in [5, 5.41) is 25.9. The Labute approximate surface area is 179 Å². The van der Waals surface area contributed by atoms with Crippen LogP contribution >= 0.6 is 0 Å². The van der Waals surface area contributed by atoms with Gasteiger partial charge in [0.05, 0.1) is 17.0 Å². The molecular formula is C23H21N5O3. The molecular weight excluding hydrogens is 394 g/mol. The summed E-state index contributed by atoms with van der Waals surface area (Å²) in [4.78, 5) is 17.8. The number of benzene rings is 2. The smallest absolute Gasteiger partial charge is 0.269 e. The molecule has 0 bridgehead atoms. The second kappa shape index (κ2) is 7.20. The number of non-ortho nitro benzene ring substituents is 1. The van der Waals surface area contributed by atoms with E-state index in [2.05, 4.69) is 21.1 Å². The molecule has 2 aliphatic heterocycles. The molecule has 0 amide bonds. The van der Waals surface area contributed by atoms with Crippen LogP contribution in [0.4, 0.5) is 11.4 Å². The normalized spacial score (nSPS) is 22.3. The van der Waals surface area contributed by atoms with Crippen molar-refractivity contribution in [1.82, 2.24) is 10.1 Å². The Morgan fingerprint density at radius 3 is 2.81 bits per heavy atom. The molecule has 8 nitrogen and oxygen atoms in total. The molecule has 1 aromatic heterocycles. The number of nitro benzene ring substituents is 1. The van der Waals surface area contributed by atoms with Crippen LogP contribution in [-0.2, 0) is 11.8 Å². The van der Waals surface area contributed by atoms with E-state index in [9.17, 15) is 15.4 Å². The first kappa shape index (κ1) is 19.2. The fourth-order valence-corrected chi connectivity index (χ4v) is 4.86. The van der Waals surface area contributed by atoms with Crippen molar-refractivity contribution in [3.05, 3.63) is 69.6 Å². The molecule has 0 spiro atoms. The van der Waals surface area contributed by atoms with Crippen LogP contribution in [0.5, 0.6) is 0 Å². The highest BCUT2D eigenvalue weighted by Gasteiger charge is 2.53. The van der Waals surface area contributed by atoms with Crippen molar-refractivity contribution in [3.8, 4) is 17.5 Å². The molecule has 2 atom stereocenters. The first-order chi connectivity index (χ1) is 15.0. The highest BCUT2D eigenvalue weighted by molar-refractivity contribution is 5.64. The van der Waals surface area contributed by atoms with Crippen LogP contribution in [0.1, 0.15) is 36.3 Å². The summed E-state index contributed by atoms with van der Waals surface area (Å²) in [6.45, 7) is 2.80. The number of nitrogens with zero attached hydrogens (tertiary/aromatic N) is 5. The predicted octanol–water partition coefficient (Wildman–Crippen LogP) is 4.33.